The Balaban J connectivity index is 1.31. The van der Waals surface area contributed by atoms with Crippen LogP contribution in [-0.4, -0.2) is 8.07 Å². The van der Waals surface area contributed by atoms with Crippen LogP contribution >= 0.6 is 0 Å². The van der Waals surface area contributed by atoms with E-state index in [4.69, 9.17) is 0 Å². The van der Waals surface area contributed by atoms with Crippen molar-refractivity contribution >= 4 is 8.07 Å². The molecule has 30 heavy (non-hydrogen) atoms. The maximum absolute atomic E-state index is 13.3. The fraction of sp³-hybridized carbons (Fsp3) is 0.778. The van der Waals surface area contributed by atoms with E-state index in [1.165, 1.54) is 89.2 Å². The van der Waals surface area contributed by atoms with Gasteiger partial charge in [-0.25, -0.2) is 8.78 Å². The number of rotatable bonds is 10. The van der Waals surface area contributed by atoms with Crippen molar-refractivity contribution in [2.24, 2.45) is 11.8 Å². The van der Waals surface area contributed by atoms with Crippen molar-refractivity contribution in [1.82, 2.24) is 0 Å². The number of halogens is 2. The summed E-state index contributed by atoms with van der Waals surface area (Å²) >= 11 is 0. The highest BCUT2D eigenvalue weighted by molar-refractivity contribution is 6.80. The highest BCUT2D eigenvalue weighted by Crippen LogP contribution is 2.48. The van der Waals surface area contributed by atoms with Gasteiger partial charge in [0, 0.05) is 0 Å². The number of aryl methyl sites for hydroxylation is 1. The Labute approximate surface area is 185 Å². The van der Waals surface area contributed by atoms with Crippen LogP contribution < -0.4 is 0 Å². The molecule has 0 amide bonds. The predicted octanol–water partition coefficient (Wildman–Crippen LogP) is 9.31. The van der Waals surface area contributed by atoms with Crippen molar-refractivity contribution in [1.29, 1.82) is 0 Å². The number of hydrogen-bond donors (Lipinski definition) is 0. The van der Waals surface area contributed by atoms with Gasteiger partial charge >= 0.3 is 0 Å². The van der Waals surface area contributed by atoms with Gasteiger partial charge < -0.3 is 0 Å². The van der Waals surface area contributed by atoms with E-state index in [0.29, 0.717) is 0 Å². The summed E-state index contributed by atoms with van der Waals surface area (Å²) in [6.07, 6.45) is 19.2. The van der Waals surface area contributed by atoms with Gasteiger partial charge in [-0.3, -0.25) is 0 Å². The maximum Gasteiger partial charge on any atom is 0.159 e. The summed E-state index contributed by atoms with van der Waals surface area (Å²) in [6, 6.07) is 7.56. The molecule has 170 valence electrons. The molecule has 0 nitrogen and oxygen atoms in total. The predicted molar refractivity (Wildman–Crippen MR) is 128 cm³/mol. The van der Waals surface area contributed by atoms with Crippen LogP contribution in [0.5, 0.6) is 0 Å². The summed E-state index contributed by atoms with van der Waals surface area (Å²) in [7, 11) is -1.01. The molecule has 2 aliphatic rings. The molecule has 0 bridgehead atoms. The SMILES string of the molecule is CCCCC[C@H]1CC[Si@](C)(C2CCC(CCCCc3ccc(F)c(F)c3)CC2)CC1. The molecule has 0 N–H and O–H groups in total. The van der Waals surface area contributed by atoms with E-state index in [9.17, 15) is 8.78 Å². The summed E-state index contributed by atoms with van der Waals surface area (Å²) in [5.41, 5.74) is 2.02. The van der Waals surface area contributed by atoms with E-state index in [0.717, 1.165) is 35.8 Å². The molecular weight excluding hydrogens is 390 g/mol. The molecule has 1 aromatic carbocycles. The summed E-state index contributed by atoms with van der Waals surface area (Å²) in [5, 5.41) is 0. The van der Waals surface area contributed by atoms with E-state index in [1.807, 2.05) is 0 Å². The van der Waals surface area contributed by atoms with Gasteiger partial charge in [0.15, 0.2) is 11.6 Å². The van der Waals surface area contributed by atoms with Gasteiger partial charge in [-0.1, -0.05) is 109 Å². The van der Waals surface area contributed by atoms with Gasteiger partial charge in [-0.2, -0.15) is 0 Å². The minimum atomic E-state index is -1.01. The van der Waals surface area contributed by atoms with Crippen molar-refractivity contribution in [2.45, 2.75) is 121 Å². The molecule has 0 radical (unpaired) electrons. The van der Waals surface area contributed by atoms with Crippen LogP contribution in [-0.2, 0) is 6.42 Å². The zero-order valence-electron chi connectivity index (χ0n) is 19.5. The van der Waals surface area contributed by atoms with Crippen molar-refractivity contribution in [3.63, 3.8) is 0 Å². The standard InChI is InChI=1S/C27H44F2Si/c1-3-4-5-8-23-17-19-30(2,20-18-23)25-14-11-22(12-15-25)9-6-7-10-24-13-16-26(28)27(29)21-24/h13,16,21-23,25H,3-12,14-15,17-20H2,1-2H3/t22?,23-,25?,30-. The lowest BCUT2D eigenvalue weighted by Gasteiger charge is -2.44. The first-order chi connectivity index (χ1) is 14.5. The Morgan fingerprint density at radius 3 is 2.07 bits per heavy atom. The average molecular weight is 435 g/mol. The van der Waals surface area contributed by atoms with E-state index < -0.39 is 19.7 Å². The molecule has 1 aromatic rings. The van der Waals surface area contributed by atoms with Gasteiger partial charge in [0.25, 0.3) is 0 Å². The first kappa shape index (κ1) is 23.9. The zero-order chi connectivity index (χ0) is 21.4. The average Bonchev–Trinajstić information content (AvgIpc) is 2.76. The topological polar surface area (TPSA) is 0 Å². The molecule has 3 rings (SSSR count). The summed E-state index contributed by atoms with van der Waals surface area (Å²) < 4.78 is 26.4. The van der Waals surface area contributed by atoms with Gasteiger partial charge in [0.05, 0.1) is 8.07 Å². The fourth-order valence-corrected chi connectivity index (χ4v) is 11.3. The Morgan fingerprint density at radius 1 is 0.800 bits per heavy atom. The first-order valence-corrected chi connectivity index (χ1v) is 15.9. The van der Waals surface area contributed by atoms with Crippen molar-refractivity contribution in [2.75, 3.05) is 0 Å². The smallest absolute Gasteiger partial charge is 0.159 e. The molecule has 0 atom stereocenters. The molecule has 3 heteroatoms. The van der Waals surface area contributed by atoms with Crippen molar-refractivity contribution in [3.05, 3.63) is 35.4 Å². The van der Waals surface area contributed by atoms with E-state index in [1.54, 1.807) is 18.2 Å². The van der Waals surface area contributed by atoms with Crippen LogP contribution in [0.15, 0.2) is 18.2 Å². The quantitative estimate of drug-likeness (QED) is 0.254. The molecule has 1 heterocycles. The number of hydrogen-bond acceptors (Lipinski definition) is 0. The Kier molecular flexibility index (Phi) is 9.41. The molecule has 1 saturated carbocycles. The molecule has 1 aliphatic heterocycles. The normalized spacial score (nSPS) is 29.8. The lowest BCUT2D eigenvalue weighted by Crippen LogP contribution is -2.41. The second-order valence-corrected chi connectivity index (χ2v) is 15.9. The van der Waals surface area contributed by atoms with Crippen LogP contribution in [0.3, 0.4) is 0 Å². The second-order valence-electron chi connectivity index (χ2n) is 10.8. The molecule has 0 spiro atoms. The largest absolute Gasteiger partial charge is 0.204 e. The van der Waals surface area contributed by atoms with Crippen LogP contribution in [0.25, 0.3) is 0 Å². The molecule has 0 aromatic heterocycles. The lowest BCUT2D eigenvalue weighted by atomic mass is 9.85. The van der Waals surface area contributed by atoms with Crippen LogP contribution in [0, 0.1) is 23.5 Å². The van der Waals surface area contributed by atoms with Gasteiger partial charge in [0.1, 0.15) is 0 Å². The van der Waals surface area contributed by atoms with E-state index in [-0.39, 0.29) is 0 Å². The van der Waals surface area contributed by atoms with Crippen LogP contribution in [0.4, 0.5) is 8.78 Å². The Morgan fingerprint density at radius 2 is 1.43 bits per heavy atom. The molecule has 0 unspecified atom stereocenters. The highest BCUT2D eigenvalue weighted by atomic mass is 28.3. The number of benzene rings is 1. The third-order valence-electron chi connectivity index (χ3n) is 8.61. The zero-order valence-corrected chi connectivity index (χ0v) is 20.5. The minimum absolute atomic E-state index is 0.710. The molecule has 1 saturated heterocycles. The summed E-state index contributed by atoms with van der Waals surface area (Å²) in [4.78, 5) is 0. The van der Waals surface area contributed by atoms with E-state index in [2.05, 4.69) is 13.5 Å². The monoisotopic (exact) mass is 434 g/mol. The first-order valence-electron chi connectivity index (χ1n) is 12.9. The van der Waals surface area contributed by atoms with Gasteiger partial charge in [-0.15, -0.1) is 0 Å². The van der Waals surface area contributed by atoms with Gasteiger partial charge in [-0.05, 0) is 47.9 Å². The third-order valence-corrected chi connectivity index (χ3v) is 14.0. The Hall–Kier alpha value is -0.703. The van der Waals surface area contributed by atoms with Crippen LogP contribution in [0.2, 0.25) is 24.2 Å². The van der Waals surface area contributed by atoms with Crippen molar-refractivity contribution < 1.29 is 8.78 Å². The summed E-state index contributed by atoms with van der Waals surface area (Å²) in [5.74, 6) is 0.508. The summed E-state index contributed by atoms with van der Waals surface area (Å²) in [6.45, 7) is 5.05. The van der Waals surface area contributed by atoms with Crippen LogP contribution in [0.1, 0.15) is 96.0 Å². The lowest BCUT2D eigenvalue weighted by molar-refractivity contribution is 0.320. The van der Waals surface area contributed by atoms with Gasteiger partial charge in [0.2, 0.25) is 0 Å². The molecular formula is C27H44F2Si. The molecule has 2 fully saturated rings. The minimum Gasteiger partial charge on any atom is -0.204 e. The fourth-order valence-electron chi connectivity index (χ4n) is 6.32. The maximum atomic E-state index is 13.3. The second kappa shape index (κ2) is 11.8. The Bertz CT molecular complexity index is 628. The van der Waals surface area contributed by atoms with E-state index >= 15 is 0 Å². The molecule has 1 aliphatic carbocycles. The third kappa shape index (κ3) is 6.90. The highest BCUT2D eigenvalue weighted by Gasteiger charge is 2.40. The van der Waals surface area contributed by atoms with Crippen molar-refractivity contribution in [3.8, 4) is 0 Å². The number of unbranched alkanes of at least 4 members (excludes halogenated alkanes) is 3.